The zero-order chi connectivity index (χ0) is 40.6. The van der Waals surface area contributed by atoms with Crippen molar-refractivity contribution < 1.29 is 4.79 Å². The van der Waals surface area contributed by atoms with Gasteiger partial charge in [-0.15, -0.1) is 0 Å². The van der Waals surface area contributed by atoms with E-state index in [1.54, 1.807) is 0 Å². The Bertz CT molecular complexity index is 854. The summed E-state index contributed by atoms with van der Waals surface area (Å²) in [5.41, 5.74) is 1.92. The summed E-state index contributed by atoms with van der Waals surface area (Å²) >= 11 is 0. The largest absolute Gasteiger partial charge is 0.386 e. The predicted molar refractivity (Wildman–Crippen MR) is 251 cm³/mol. The zero-order valence-corrected chi connectivity index (χ0v) is 39.2. The molecule has 2 N–H and O–H groups in total. The Hall–Kier alpha value is -1.03. The molecule has 0 aliphatic heterocycles. The van der Waals surface area contributed by atoms with Crippen LogP contribution in [0.2, 0.25) is 0 Å². The zero-order valence-electron chi connectivity index (χ0n) is 39.2. The molecule has 1 aliphatic carbocycles. The average molecular weight is 786 g/mol. The van der Waals surface area contributed by atoms with E-state index in [0.29, 0.717) is 6.42 Å². The van der Waals surface area contributed by atoms with Gasteiger partial charge in [0.15, 0.2) is 5.78 Å². The number of hydrogen-bond donors (Lipinski definition) is 2. The molecule has 332 valence electrons. The number of ketones is 1. The maximum absolute atomic E-state index is 11.8. The average Bonchev–Trinajstić information content (AvgIpc) is 3.20. The number of carbonyl (C=O) groups excluding carboxylic acids is 1. The van der Waals surface area contributed by atoms with Gasteiger partial charge in [-0.1, -0.05) is 246 Å². The highest BCUT2D eigenvalue weighted by Crippen LogP contribution is 2.26. The molecule has 1 unspecified atom stereocenters. The molecular weight excluding hydrogens is 683 g/mol. The Labute approximate surface area is 353 Å². The monoisotopic (exact) mass is 786 g/mol. The molecule has 0 spiro atoms. The molecule has 1 atom stereocenters. The van der Waals surface area contributed by atoms with Crippen LogP contribution in [0.3, 0.4) is 0 Å². The first kappa shape index (κ1) is 53.0. The minimum Gasteiger partial charge on any atom is -0.386 e. The fourth-order valence-electron chi connectivity index (χ4n) is 9.31. The molecule has 0 heterocycles. The van der Waals surface area contributed by atoms with E-state index >= 15 is 0 Å². The Kier molecular flexibility index (Phi) is 38.5. The molecule has 0 aromatic heterocycles. The lowest BCUT2D eigenvalue weighted by Gasteiger charge is -2.25. The molecule has 0 radical (unpaired) electrons. The third-order valence-corrected chi connectivity index (χ3v) is 13.2. The lowest BCUT2D eigenvalue weighted by atomic mass is 9.89. The summed E-state index contributed by atoms with van der Waals surface area (Å²) in [5, 5.41) is 6.63. The Morgan fingerprint density at radius 2 is 0.750 bits per heavy atom. The first-order valence-electron chi connectivity index (χ1n) is 26.0. The molecule has 4 nitrogen and oxygen atoms in total. The van der Waals surface area contributed by atoms with Crippen molar-refractivity contribution >= 4 is 5.78 Å². The van der Waals surface area contributed by atoms with Gasteiger partial charge in [0.25, 0.3) is 0 Å². The van der Waals surface area contributed by atoms with Gasteiger partial charge < -0.3 is 15.5 Å². The molecule has 0 saturated heterocycles. The first-order chi connectivity index (χ1) is 27.6. The molecule has 4 heteroatoms. The van der Waals surface area contributed by atoms with Gasteiger partial charge in [0, 0.05) is 19.3 Å². The van der Waals surface area contributed by atoms with E-state index in [1.165, 1.54) is 251 Å². The normalized spacial score (nSPS) is 13.7. The molecule has 0 aromatic rings. The number of carbonyl (C=O) groups is 1. The highest BCUT2D eigenvalue weighted by molar-refractivity contribution is 6.03. The highest BCUT2D eigenvalue weighted by Gasteiger charge is 2.25. The van der Waals surface area contributed by atoms with Crippen molar-refractivity contribution in [1.82, 2.24) is 15.5 Å². The van der Waals surface area contributed by atoms with E-state index in [4.69, 9.17) is 0 Å². The van der Waals surface area contributed by atoms with Gasteiger partial charge in [-0.3, -0.25) is 4.79 Å². The number of Topliss-reactive ketones (excluding diaryl/α,β-unsaturated/α-hetero) is 1. The fourth-order valence-corrected chi connectivity index (χ4v) is 9.31. The van der Waals surface area contributed by atoms with E-state index in [1.807, 2.05) is 7.05 Å². The van der Waals surface area contributed by atoms with Crippen molar-refractivity contribution in [3.8, 4) is 0 Å². The van der Waals surface area contributed by atoms with E-state index in [-0.39, 0.29) is 5.78 Å². The van der Waals surface area contributed by atoms with Gasteiger partial charge >= 0.3 is 0 Å². The van der Waals surface area contributed by atoms with Crippen LogP contribution in [0, 0.1) is 11.8 Å². The predicted octanol–water partition coefficient (Wildman–Crippen LogP) is 16.0. The second-order valence-corrected chi connectivity index (χ2v) is 18.5. The van der Waals surface area contributed by atoms with Crippen LogP contribution in [0.15, 0.2) is 11.4 Å². The van der Waals surface area contributed by atoms with Gasteiger partial charge in [-0.25, -0.2) is 0 Å². The van der Waals surface area contributed by atoms with Gasteiger partial charge in [0.1, 0.15) is 0 Å². The number of hydrogen-bond acceptors (Lipinski definition) is 4. The van der Waals surface area contributed by atoms with Gasteiger partial charge in [0.2, 0.25) is 0 Å². The molecule has 1 aliphatic rings. The van der Waals surface area contributed by atoms with E-state index in [9.17, 15) is 4.79 Å². The lowest BCUT2D eigenvalue weighted by Crippen LogP contribution is -2.36. The number of nitrogens with one attached hydrogen (secondary N) is 2. The van der Waals surface area contributed by atoms with E-state index in [2.05, 4.69) is 43.2 Å². The molecular formula is C52H103N3O. The molecule has 0 amide bonds. The summed E-state index contributed by atoms with van der Waals surface area (Å²) in [6.07, 6.45) is 53.4. The van der Waals surface area contributed by atoms with Crippen LogP contribution in [0.25, 0.3) is 0 Å². The number of unbranched alkanes of at least 4 members (excludes halogenated alkanes) is 24. The Balaban J connectivity index is 2.38. The minimum atomic E-state index is 0.247. The maximum Gasteiger partial charge on any atom is 0.186 e. The van der Waals surface area contributed by atoms with Crippen LogP contribution in [-0.4, -0.2) is 43.9 Å². The van der Waals surface area contributed by atoms with Crippen molar-refractivity contribution in [2.24, 2.45) is 11.8 Å². The molecule has 0 aromatic carbocycles. The summed E-state index contributed by atoms with van der Waals surface area (Å²) < 4.78 is 0. The standard InChI is InChI=1S/C52H103N3O/c1-6-10-14-17-23-30-40-49(41-31-24-18-15-11-7-2)42-33-26-21-28-35-45-55(46-36-43-54-50-47-51(56)52(50)53-5)44-34-27-20-19-25-32-39-48(37-13-9-4)38-29-22-16-12-8-3/h48-49,53-54H,6-47H2,1-5H3. The first-order valence-corrected chi connectivity index (χ1v) is 26.0. The molecule has 0 fully saturated rings. The van der Waals surface area contributed by atoms with E-state index in [0.717, 1.165) is 36.2 Å². The van der Waals surface area contributed by atoms with E-state index < -0.39 is 0 Å². The summed E-state index contributed by atoms with van der Waals surface area (Å²) in [5.74, 6) is 2.23. The summed E-state index contributed by atoms with van der Waals surface area (Å²) in [6, 6.07) is 0. The smallest absolute Gasteiger partial charge is 0.186 e. The molecule has 1 rings (SSSR count). The Morgan fingerprint density at radius 1 is 0.429 bits per heavy atom. The second-order valence-electron chi connectivity index (χ2n) is 18.5. The second kappa shape index (κ2) is 40.7. The van der Waals surface area contributed by atoms with Gasteiger partial charge in [-0.2, -0.15) is 0 Å². The number of nitrogens with zero attached hydrogens (tertiary/aromatic N) is 1. The molecule has 0 saturated carbocycles. The van der Waals surface area contributed by atoms with Crippen molar-refractivity contribution in [3.63, 3.8) is 0 Å². The van der Waals surface area contributed by atoms with Crippen molar-refractivity contribution in [1.29, 1.82) is 0 Å². The van der Waals surface area contributed by atoms with Crippen LogP contribution < -0.4 is 10.6 Å². The van der Waals surface area contributed by atoms with Crippen molar-refractivity contribution in [2.75, 3.05) is 33.2 Å². The van der Waals surface area contributed by atoms with Gasteiger partial charge in [0.05, 0.1) is 12.1 Å². The summed E-state index contributed by atoms with van der Waals surface area (Å²) in [7, 11) is 1.86. The quantitative estimate of drug-likeness (QED) is 0.0603. The van der Waals surface area contributed by atoms with Crippen molar-refractivity contribution in [2.45, 2.75) is 272 Å². The number of rotatable bonds is 46. The molecule has 56 heavy (non-hydrogen) atoms. The van der Waals surface area contributed by atoms with Crippen LogP contribution in [0.5, 0.6) is 0 Å². The SMILES string of the molecule is CCCCCCCCC(CCCCCCCC)CCCCCCCN(CCCCCCCCC(CCCC)CCCCCCC)CCCNC1=C(NC)C(=O)C1. The van der Waals surface area contributed by atoms with Crippen LogP contribution in [-0.2, 0) is 4.79 Å². The third-order valence-electron chi connectivity index (χ3n) is 13.2. The molecule has 0 bridgehead atoms. The topological polar surface area (TPSA) is 44.4 Å². The number of allylic oxidation sites excluding steroid dienone is 2. The van der Waals surface area contributed by atoms with Crippen LogP contribution in [0.4, 0.5) is 0 Å². The number of likely N-dealkylation sites (N-methyl/N-ethyl adjacent to an activating group) is 1. The minimum absolute atomic E-state index is 0.247. The third kappa shape index (κ3) is 31.0. The van der Waals surface area contributed by atoms with Crippen molar-refractivity contribution in [3.05, 3.63) is 11.4 Å². The summed E-state index contributed by atoms with van der Waals surface area (Å²) in [6.45, 7) is 14.0. The lowest BCUT2D eigenvalue weighted by molar-refractivity contribution is -0.117. The van der Waals surface area contributed by atoms with Crippen LogP contribution in [0.1, 0.15) is 272 Å². The highest BCUT2D eigenvalue weighted by atomic mass is 16.1. The maximum atomic E-state index is 11.8. The Morgan fingerprint density at radius 3 is 1.11 bits per heavy atom. The summed E-state index contributed by atoms with van der Waals surface area (Å²) in [4.78, 5) is 14.6. The van der Waals surface area contributed by atoms with Crippen LogP contribution >= 0.6 is 0 Å². The van der Waals surface area contributed by atoms with Gasteiger partial charge in [-0.05, 0) is 50.7 Å². The fraction of sp³-hybridized carbons (Fsp3) is 0.942.